The van der Waals surface area contributed by atoms with Gasteiger partial charge in [0.05, 0.1) is 5.69 Å². The number of aromatic nitrogens is 2. The lowest BCUT2D eigenvalue weighted by atomic mass is 9.93. The zero-order valence-corrected chi connectivity index (χ0v) is 13.2. The van der Waals surface area contributed by atoms with E-state index in [1.807, 2.05) is 0 Å². The van der Waals surface area contributed by atoms with Crippen molar-refractivity contribution >= 4 is 16.5 Å². The molecular formula is C16H21N3S. The molecule has 0 unspecified atom stereocenters. The largest absolute Gasteiger partial charge is 0.359 e. The fourth-order valence-electron chi connectivity index (χ4n) is 2.71. The number of thiazole rings is 1. The highest BCUT2D eigenvalue weighted by Gasteiger charge is 2.15. The molecule has 0 saturated heterocycles. The van der Waals surface area contributed by atoms with Crippen LogP contribution in [-0.4, -0.2) is 16.0 Å². The van der Waals surface area contributed by atoms with Gasteiger partial charge in [-0.05, 0) is 58.1 Å². The second kappa shape index (κ2) is 5.52. The summed E-state index contributed by atoms with van der Waals surface area (Å²) < 4.78 is 0. The fourth-order valence-corrected chi connectivity index (χ4v) is 3.56. The molecular weight excluding hydrogens is 266 g/mol. The Morgan fingerprint density at radius 3 is 2.80 bits per heavy atom. The molecule has 0 atom stereocenters. The van der Waals surface area contributed by atoms with Gasteiger partial charge in [0.2, 0.25) is 0 Å². The van der Waals surface area contributed by atoms with Crippen molar-refractivity contribution < 1.29 is 0 Å². The molecule has 0 fully saturated rings. The van der Waals surface area contributed by atoms with Crippen molar-refractivity contribution in [3.8, 4) is 11.3 Å². The smallest absolute Gasteiger partial charge is 0.183 e. The molecule has 0 amide bonds. The normalized spacial score (nSPS) is 14.4. The van der Waals surface area contributed by atoms with Gasteiger partial charge in [0.1, 0.15) is 0 Å². The van der Waals surface area contributed by atoms with E-state index < -0.39 is 0 Å². The van der Waals surface area contributed by atoms with Crippen LogP contribution in [0.2, 0.25) is 0 Å². The average molecular weight is 287 g/mol. The van der Waals surface area contributed by atoms with Crippen LogP contribution in [0, 0.1) is 6.92 Å². The van der Waals surface area contributed by atoms with Crippen molar-refractivity contribution in [2.24, 2.45) is 0 Å². The molecule has 20 heavy (non-hydrogen) atoms. The molecule has 4 heteroatoms. The fraction of sp³-hybridized carbons (Fsp3) is 0.500. The topological polar surface area (TPSA) is 37.8 Å². The number of hydrogen-bond acceptors (Lipinski definition) is 4. The molecule has 2 aromatic heterocycles. The van der Waals surface area contributed by atoms with Crippen LogP contribution in [0.25, 0.3) is 11.3 Å². The summed E-state index contributed by atoms with van der Waals surface area (Å²) in [4.78, 5) is 9.50. The first-order valence-electron chi connectivity index (χ1n) is 7.35. The van der Waals surface area contributed by atoms with E-state index in [0.717, 1.165) is 29.4 Å². The summed E-state index contributed by atoms with van der Waals surface area (Å²) in [5.41, 5.74) is 6.07. The molecule has 0 bridgehead atoms. The summed E-state index contributed by atoms with van der Waals surface area (Å²) in [5, 5.41) is 6.49. The summed E-state index contributed by atoms with van der Waals surface area (Å²) in [6.07, 6.45) is 4.86. The number of hydrogen-bond donors (Lipinski definition) is 1. The van der Waals surface area contributed by atoms with Gasteiger partial charge in [-0.2, -0.15) is 0 Å². The first kappa shape index (κ1) is 13.6. The van der Waals surface area contributed by atoms with Gasteiger partial charge in [0, 0.05) is 28.4 Å². The number of rotatable bonds is 3. The minimum Gasteiger partial charge on any atom is -0.359 e. The minimum absolute atomic E-state index is 0.414. The molecule has 1 aliphatic carbocycles. The number of fused-ring (bicyclic) bond motifs is 1. The van der Waals surface area contributed by atoms with Crippen LogP contribution in [0.15, 0.2) is 11.4 Å². The Labute approximate surface area is 124 Å². The molecule has 0 aliphatic heterocycles. The van der Waals surface area contributed by atoms with E-state index >= 15 is 0 Å². The number of pyridine rings is 1. The summed E-state index contributed by atoms with van der Waals surface area (Å²) in [5.74, 6) is 0. The third kappa shape index (κ3) is 2.70. The predicted molar refractivity (Wildman–Crippen MR) is 85.5 cm³/mol. The van der Waals surface area contributed by atoms with Gasteiger partial charge in [-0.25, -0.2) is 4.98 Å². The number of aryl methyl sites for hydroxylation is 3. The highest BCUT2D eigenvalue weighted by atomic mass is 32.1. The molecule has 3 rings (SSSR count). The number of anilines is 1. The summed E-state index contributed by atoms with van der Waals surface area (Å²) in [7, 11) is 0. The molecule has 1 aliphatic rings. The van der Waals surface area contributed by atoms with E-state index in [9.17, 15) is 0 Å². The van der Waals surface area contributed by atoms with Crippen LogP contribution in [-0.2, 0) is 12.8 Å². The molecule has 0 aromatic carbocycles. The number of nitrogens with one attached hydrogen (secondary N) is 1. The summed E-state index contributed by atoms with van der Waals surface area (Å²) in [6.45, 7) is 6.36. The van der Waals surface area contributed by atoms with E-state index in [2.05, 4.69) is 37.5 Å². The highest BCUT2D eigenvalue weighted by molar-refractivity contribution is 7.14. The Kier molecular flexibility index (Phi) is 3.74. The zero-order valence-electron chi connectivity index (χ0n) is 12.4. The Morgan fingerprint density at radius 1 is 1.20 bits per heavy atom. The van der Waals surface area contributed by atoms with Crippen LogP contribution in [0.1, 0.15) is 43.6 Å². The first-order valence-corrected chi connectivity index (χ1v) is 8.23. The quantitative estimate of drug-likeness (QED) is 0.918. The molecule has 3 nitrogen and oxygen atoms in total. The zero-order chi connectivity index (χ0) is 14.1. The summed E-state index contributed by atoms with van der Waals surface area (Å²) in [6, 6.07) is 2.72. The second-order valence-electron chi connectivity index (χ2n) is 5.77. The van der Waals surface area contributed by atoms with Crippen molar-refractivity contribution in [3.63, 3.8) is 0 Å². The van der Waals surface area contributed by atoms with Gasteiger partial charge in [-0.3, -0.25) is 4.98 Å². The van der Waals surface area contributed by atoms with Gasteiger partial charge in [-0.15, -0.1) is 11.3 Å². The Hall–Kier alpha value is -1.42. The Morgan fingerprint density at radius 2 is 2.00 bits per heavy atom. The molecule has 106 valence electrons. The number of nitrogens with zero attached hydrogens (tertiary/aromatic N) is 2. The molecule has 0 spiro atoms. The molecule has 1 N–H and O–H groups in total. The molecule has 0 radical (unpaired) electrons. The maximum absolute atomic E-state index is 4.80. The van der Waals surface area contributed by atoms with Crippen molar-refractivity contribution in [2.45, 2.75) is 52.5 Å². The van der Waals surface area contributed by atoms with E-state index in [1.165, 1.54) is 29.7 Å². The average Bonchev–Trinajstić information content (AvgIpc) is 2.85. The van der Waals surface area contributed by atoms with Gasteiger partial charge in [-0.1, -0.05) is 0 Å². The molecule has 2 heterocycles. The molecule has 2 aromatic rings. The lowest BCUT2D eigenvalue weighted by molar-refractivity contribution is 0.666. The van der Waals surface area contributed by atoms with Crippen molar-refractivity contribution in [3.05, 3.63) is 28.4 Å². The second-order valence-corrected chi connectivity index (χ2v) is 6.63. The van der Waals surface area contributed by atoms with Crippen molar-refractivity contribution in [1.82, 2.24) is 9.97 Å². The van der Waals surface area contributed by atoms with Gasteiger partial charge >= 0.3 is 0 Å². The van der Waals surface area contributed by atoms with Gasteiger partial charge < -0.3 is 5.32 Å². The standard InChI is InChI=1S/C16H21N3S/c1-10(2)17-16-19-15(9-20-16)13-8-12-6-4-5-7-14(12)18-11(13)3/h8-10H,4-7H2,1-3H3,(H,17,19). The van der Waals surface area contributed by atoms with E-state index in [1.54, 1.807) is 11.3 Å². The van der Waals surface area contributed by atoms with Crippen LogP contribution >= 0.6 is 11.3 Å². The Balaban J connectivity index is 1.95. The minimum atomic E-state index is 0.414. The Bertz CT molecular complexity index is 616. The molecule has 0 saturated carbocycles. The van der Waals surface area contributed by atoms with Crippen LogP contribution in [0.5, 0.6) is 0 Å². The highest BCUT2D eigenvalue weighted by Crippen LogP contribution is 2.30. The van der Waals surface area contributed by atoms with E-state index in [-0.39, 0.29) is 0 Å². The van der Waals surface area contributed by atoms with Gasteiger partial charge in [0.25, 0.3) is 0 Å². The lowest BCUT2D eigenvalue weighted by Gasteiger charge is -2.16. The SMILES string of the molecule is Cc1nc2c(cc1-c1csc(NC(C)C)n1)CCCC2. The maximum atomic E-state index is 4.80. The van der Waals surface area contributed by atoms with E-state index in [0.29, 0.717) is 6.04 Å². The third-order valence-electron chi connectivity index (χ3n) is 3.68. The van der Waals surface area contributed by atoms with Crippen LogP contribution in [0.3, 0.4) is 0 Å². The van der Waals surface area contributed by atoms with Crippen LogP contribution < -0.4 is 5.32 Å². The predicted octanol–water partition coefficient (Wildman–Crippen LogP) is 4.21. The lowest BCUT2D eigenvalue weighted by Crippen LogP contribution is -2.09. The maximum Gasteiger partial charge on any atom is 0.183 e. The first-order chi connectivity index (χ1) is 9.63. The monoisotopic (exact) mass is 287 g/mol. The van der Waals surface area contributed by atoms with E-state index in [4.69, 9.17) is 9.97 Å². The van der Waals surface area contributed by atoms with Crippen LogP contribution in [0.4, 0.5) is 5.13 Å². The third-order valence-corrected chi connectivity index (χ3v) is 4.46. The van der Waals surface area contributed by atoms with Crippen molar-refractivity contribution in [1.29, 1.82) is 0 Å². The van der Waals surface area contributed by atoms with Crippen molar-refractivity contribution in [2.75, 3.05) is 5.32 Å². The summed E-state index contributed by atoms with van der Waals surface area (Å²) >= 11 is 1.67. The van der Waals surface area contributed by atoms with Gasteiger partial charge in [0.15, 0.2) is 5.13 Å².